The molecule has 2 aromatic carbocycles. The minimum atomic E-state index is 0.0812. The fraction of sp³-hybridized carbons (Fsp3) is 0.500. The molecule has 1 aliphatic heterocycles. The maximum absolute atomic E-state index is 13.5. The Kier molecular flexibility index (Phi) is 9.05. The molecule has 1 aliphatic carbocycles. The van der Waals surface area contributed by atoms with Crippen molar-refractivity contribution in [2.24, 2.45) is 0 Å². The molecule has 0 unspecified atom stereocenters. The molecule has 2 aliphatic rings. The van der Waals surface area contributed by atoms with Crippen LogP contribution in [0.3, 0.4) is 0 Å². The van der Waals surface area contributed by atoms with Gasteiger partial charge in [0.05, 0.1) is 11.3 Å². The molecule has 2 fully saturated rings. The van der Waals surface area contributed by atoms with Gasteiger partial charge in [0.15, 0.2) is 0 Å². The van der Waals surface area contributed by atoms with Crippen molar-refractivity contribution in [2.45, 2.75) is 56.0 Å². The Balaban J connectivity index is 1.34. The summed E-state index contributed by atoms with van der Waals surface area (Å²) >= 11 is 1.50. The zero-order valence-corrected chi connectivity index (χ0v) is 21.1. The molecule has 0 aromatic heterocycles. The average Bonchev–Trinajstić information content (AvgIpc) is 3.13. The highest BCUT2D eigenvalue weighted by molar-refractivity contribution is 8.00. The third-order valence-electron chi connectivity index (χ3n) is 7.11. The molecular weight excluding hydrogens is 442 g/mol. The van der Waals surface area contributed by atoms with Gasteiger partial charge in [0, 0.05) is 50.7 Å². The zero-order chi connectivity index (χ0) is 23.8. The van der Waals surface area contributed by atoms with Gasteiger partial charge in [-0.25, -0.2) is 0 Å². The Morgan fingerprint density at radius 1 is 0.882 bits per heavy atom. The van der Waals surface area contributed by atoms with E-state index in [1.165, 1.54) is 36.6 Å². The molecule has 0 bridgehead atoms. The molecule has 2 aromatic rings. The molecule has 4 rings (SSSR count). The van der Waals surface area contributed by atoms with Crippen molar-refractivity contribution in [3.05, 3.63) is 65.7 Å². The predicted molar refractivity (Wildman–Crippen MR) is 139 cm³/mol. The minimum absolute atomic E-state index is 0.0812. The van der Waals surface area contributed by atoms with Gasteiger partial charge >= 0.3 is 0 Å². The Hall–Kier alpha value is -2.31. The predicted octanol–water partition coefficient (Wildman–Crippen LogP) is 4.92. The van der Waals surface area contributed by atoms with Crippen molar-refractivity contribution in [3.63, 3.8) is 0 Å². The van der Waals surface area contributed by atoms with Gasteiger partial charge < -0.3 is 9.80 Å². The maximum Gasteiger partial charge on any atom is 0.255 e. The van der Waals surface area contributed by atoms with Crippen LogP contribution >= 0.6 is 11.8 Å². The number of hydrogen-bond donors (Lipinski definition) is 0. The topological polar surface area (TPSA) is 43.9 Å². The van der Waals surface area contributed by atoms with Crippen molar-refractivity contribution in [3.8, 4) is 0 Å². The number of thioether (sulfide) groups is 1. The Bertz CT molecular complexity index is 946. The summed E-state index contributed by atoms with van der Waals surface area (Å²) in [4.78, 5) is 33.6. The van der Waals surface area contributed by atoms with Gasteiger partial charge in [-0.3, -0.25) is 14.5 Å². The van der Waals surface area contributed by atoms with Gasteiger partial charge in [0.1, 0.15) is 0 Å². The van der Waals surface area contributed by atoms with E-state index in [9.17, 15) is 9.59 Å². The first-order valence-corrected chi connectivity index (χ1v) is 13.6. The summed E-state index contributed by atoms with van der Waals surface area (Å²) < 4.78 is 0. The monoisotopic (exact) mass is 479 g/mol. The number of benzene rings is 2. The third-order valence-corrected chi connectivity index (χ3v) is 8.17. The summed E-state index contributed by atoms with van der Waals surface area (Å²) in [5.74, 6) is 0.616. The van der Waals surface area contributed by atoms with Crippen molar-refractivity contribution in [1.82, 2.24) is 14.7 Å². The number of hydrogen-bond acceptors (Lipinski definition) is 4. The van der Waals surface area contributed by atoms with Crippen LogP contribution in [0.25, 0.3) is 0 Å². The van der Waals surface area contributed by atoms with Crippen LogP contribution in [0.2, 0.25) is 0 Å². The number of rotatable bonds is 7. The fourth-order valence-electron chi connectivity index (χ4n) is 5.03. The smallest absolute Gasteiger partial charge is 0.255 e. The van der Waals surface area contributed by atoms with E-state index in [0.29, 0.717) is 11.8 Å². The van der Waals surface area contributed by atoms with Crippen LogP contribution in [-0.2, 0) is 11.3 Å². The number of nitrogens with zero attached hydrogens (tertiary/aromatic N) is 3. The Morgan fingerprint density at radius 3 is 2.41 bits per heavy atom. The minimum Gasteiger partial charge on any atom is -0.342 e. The van der Waals surface area contributed by atoms with Crippen molar-refractivity contribution in [1.29, 1.82) is 0 Å². The normalized spacial score (nSPS) is 17.9. The SMILES string of the molecule is CN(C(=O)CSc1ccccc1C(=O)N1CCCN(Cc2ccccc2)CC1)C1CCCCC1. The van der Waals surface area contributed by atoms with Crippen molar-refractivity contribution in [2.75, 3.05) is 39.0 Å². The molecular formula is C28H37N3O2S. The van der Waals surface area contributed by atoms with Gasteiger partial charge in [-0.1, -0.05) is 61.7 Å². The van der Waals surface area contributed by atoms with E-state index in [-0.39, 0.29) is 11.8 Å². The van der Waals surface area contributed by atoms with Crippen LogP contribution in [0, 0.1) is 0 Å². The second-order valence-corrected chi connectivity index (χ2v) is 10.5. The van der Waals surface area contributed by atoms with Crippen molar-refractivity contribution >= 4 is 23.6 Å². The standard InChI is InChI=1S/C28H37N3O2S/c1-29(24-13-6-3-7-14-24)27(32)22-34-26-16-9-8-15-25(26)28(33)31-18-10-17-30(19-20-31)21-23-11-4-2-5-12-23/h2,4-5,8-9,11-12,15-16,24H,3,6-7,10,13-14,17-22H2,1H3. The number of amides is 2. The molecule has 182 valence electrons. The highest BCUT2D eigenvalue weighted by Gasteiger charge is 2.25. The van der Waals surface area contributed by atoms with Crippen LogP contribution in [0.4, 0.5) is 0 Å². The molecule has 34 heavy (non-hydrogen) atoms. The van der Waals surface area contributed by atoms with Crippen molar-refractivity contribution < 1.29 is 9.59 Å². The number of carbonyl (C=O) groups is 2. The number of carbonyl (C=O) groups excluding carboxylic acids is 2. The molecule has 0 radical (unpaired) electrons. The van der Waals surface area contributed by atoms with Gasteiger partial charge in [-0.05, 0) is 37.0 Å². The first-order chi connectivity index (χ1) is 16.6. The molecule has 1 saturated heterocycles. The molecule has 6 heteroatoms. The van der Waals surface area contributed by atoms with Gasteiger partial charge in [0.2, 0.25) is 5.91 Å². The molecule has 1 heterocycles. The first kappa shape index (κ1) is 24.8. The Morgan fingerprint density at radius 2 is 1.62 bits per heavy atom. The van der Waals surface area contributed by atoms with Crippen LogP contribution in [0.5, 0.6) is 0 Å². The summed E-state index contributed by atoms with van der Waals surface area (Å²) in [6.45, 7) is 4.30. The molecule has 2 amide bonds. The lowest BCUT2D eigenvalue weighted by Gasteiger charge is -2.31. The van der Waals surface area contributed by atoms with E-state index in [4.69, 9.17) is 0 Å². The fourth-order valence-corrected chi connectivity index (χ4v) is 5.99. The second-order valence-electron chi connectivity index (χ2n) is 9.49. The van der Waals surface area contributed by atoms with E-state index in [1.807, 2.05) is 47.2 Å². The van der Waals surface area contributed by atoms with E-state index in [2.05, 4.69) is 29.2 Å². The lowest BCUT2D eigenvalue weighted by atomic mass is 9.94. The van der Waals surface area contributed by atoms with E-state index >= 15 is 0 Å². The zero-order valence-electron chi connectivity index (χ0n) is 20.3. The summed E-state index contributed by atoms with van der Waals surface area (Å²) in [6.07, 6.45) is 6.90. The van der Waals surface area contributed by atoms with E-state index < -0.39 is 0 Å². The lowest BCUT2D eigenvalue weighted by molar-refractivity contribution is -0.129. The molecule has 0 N–H and O–H groups in total. The third kappa shape index (κ3) is 6.63. The quantitative estimate of drug-likeness (QED) is 0.529. The van der Waals surface area contributed by atoms with Crippen LogP contribution in [0.1, 0.15) is 54.4 Å². The summed E-state index contributed by atoms with van der Waals surface area (Å²) in [7, 11) is 1.94. The van der Waals surface area contributed by atoms with E-state index in [1.54, 1.807) is 0 Å². The van der Waals surface area contributed by atoms with Gasteiger partial charge in [-0.15, -0.1) is 11.8 Å². The van der Waals surface area contributed by atoms with Gasteiger partial charge in [-0.2, -0.15) is 0 Å². The Labute approximate surface area is 208 Å². The maximum atomic E-state index is 13.5. The lowest BCUT2D eigenvalue weighted by Crippen LogP contribution is -2.39. The average molecular weight is 480 g/mol. The molecule has 0 atom stereocenters. The van der Waals surface area contributed by atoms with Crippen LogP contribution in [-0.4, -0.2) is 71.5 Å². The summed E-state index contributed by atoms with van der Waals surface area (Å²) in [5, 5.41) is 0. The highest BCUT2D eigenvalue weighted by atomic mass is 32.2. The van der Waals surface area contributed by atoms with E-state index in [0.717, 1.165) is 62.4 Å². The highest BCUT2D eigenvalue weighted by Crippen LogP contribution is 2.27. The molecule has 5 nitrogen and oxygen atoms in total. The van der Waals surface area contributed by atoms with Crippen LogP contribution < -0.4 is 0 Å². The summed E-state index contributed by atoms with van der Waals surface area (Å²) in [5.41, 5.74) is 2.03. The largest absolute Gasteiger partial charge is 0.342 e. The first-order valence-electron chi connectivity index (χ1n) is 12.6. The molecule has 0 spiro atoms. The molecule has 1 saturated carbocycles. The van der Waals surface area contributed by atoms with Gasteiger partial charge in [0.25, 0.3) is 5.91 Å². The second kappa shape index (κ2) is 12.4. The summed E-state index contributed by atoms with van der Waals surface area (Å²) in [6, 6.07) is 18.7. The van der Waals surface area contributed by atoms with Crippen LogP contribution in [0.15, 0.2) is 59.5 Å².